The van der Waals surface area contributed by atoms with Crippen LogP contribution >= 0.6 is 0 Å². The number of aromatic nitrogens is 2. The molecule has 0 bridgehead atoms. The van der Waals surface area contributed by atoms with Crippen molar-refractivity contribution in [3.05, 3.63) is 72.2 Å². The second-order valence-electron chi connectivity index (χ2n) is 11.9. The Morgan fingerprint density at radius 3 is 2.44 bits per heavy atom. The lowest BCUT2D eigenvalue weighted by molar-refractivity contribution is -0.136. The van der Waals surface area contributed by atoms with E-state index in [1.54, 1.807) is 62.8 Å². The number of nitrogens with one attached hydrogen (secondary N) is 3. The van der Waals surface area contributed by atoms with Gasteiger partial charge in [-0.05, 0) is 68.7 Å². The normalized spacial score (nSPS) is 14.9. The Morgan fingerprint density at radius 1 is 0.956 bits per heavy atom. The summed E-state index contributed by atoms with van der Waals surface area (Å²) in [5.41, 5.74) is 4.14. The quantitative estimate of drug-likeness (QED) is 0.165. The minimum absolute atomic E-state index is 0.0317. The van der Waals surface area contributed by atoms with Crippen LogP contribution in [0.1, 0.15) is 80.8 Å². The SMILES string of the molecule is CC(CC(=O)Nc1cccc(CC(=O)O)c1)NC(=O)CC(C)NC(=O)c1ccc2c(c1)nc(-c1ccoc1)n2C1CCCCC1. The molecule has 4 aromatic rings. The summed E-state index contributed by atoms with van der Waals surface area (Å²) in [6.45, 7) is 3.48. The Hall–Kier alpha value is -4.93. The van der Waals surface area contributed by atoms with E-state index in [9.17, 15) is 19.2 Å². The summed E-state index contributed by atoms with van der Waals surface area (Å²) in [5.74, 6) is -1.02. The predicted octanol–water partition coefficient (Wildman–Crippen LogP) is 5.47. The van der Waals surface area contributed by atoms with E-state index in [1.165, 1.54) is 19.3 Å². The first-order chi connectivity index (χ1) is 21.7. The largest absolute Gasteiger partial charge is 0.481 e. The number of aliphatic carboxylic acids is 1. The molecule has 2 unspecified atom stereocenters. The molecular formula is C34H39N5O6. The van der Waals surface area contributed by atoms with Crippen molar-refractivity contribution in [1.29, 1.82) is 0 Å². The van der Waals surface area contributed by atoms with Crippen LogP contribution in [0.3, 0.4) is 0 Å². The number of carboxylic acid groups (broad SMARTS) is 1. The highest BCUT2D eigenvalue weighted by Gasteiger charge is 2.24. The van der Waals surface area contributed by atoms with E-state index in [2.05, 4.69) is 20.5 Å². The molecule has 2 aromatic heterocycles. The number of imidazole rings is 1. The fourth-order valence-corrected chi connectivity index (χ4v) is 5.99. The average molecular weight is 614 g/mol. The van der Waals surface area contributed by atoms with Gasteiger partial charge in [-0.3, -0.25) is 19.2 Å². The van der Waals surface area contributed by atoms with Gasteiger partial charge in [0.25, 0.3) is 5.91 Å². The van der Waals surface area contributed by atoms with Crippen molar-refractivity contribution in [3.8, 4) is 11.4 Å². The number of fused-ring (bicyclic) bond motifs is 1. The van der Waals surface area contributed by atoms with Crippen LogP contribution in [0.4, 0.5) is 5.69 Å². The van der Waals surface area contributed by atoms with E-state index >= 15 is 0 Å². The molecule has 2 heterocycles. The molecule has 1 saturated carbocycles. The van der Waals surface area contributed by atoms with Crippen LogP contribution in [0.5, 0.6) is 0 Å². The van der Waals surface area contributed by atoms with Crippen LogP contribution in [0, 0.1) is 0 Å². The molecule has 0 aliphatic heterocycles. The second-order valence-corrected chi connectivity index (χ2v) is 11.9. The maximum Gasteiger partial charge on any atom is 0.307 e. The Bertz CT molecular complexity index is 1670. The van der Waals surface area contributed by atoms with Crippen LogP contribution in [-0.4, -0.2) is 50.4 Å². The minimum Gasteiger partial charge on any atom is -0.481 e. The number of hydrogen-bond donors (Lipinski definition) is 4. The van der Waals surface area contributed by atoms with E-state index in [1.807, 2.05) is 12.1 Å². The lowest BCUT2D eigenvalue weighted by Gasteiger charge is -2.25. The molecule has 1 fully saturated rings. The standard InChI is InChI=1S/C34H39N5O6/c1-21(15-31(41)37-26-8-6-7-23(17-26)18-32(42)43)35-30(40)16-22(2)36-34(44)24-11-12-29-28(19-24)38-33(25-13-14-45-20-25)39(29)27-9-4-3-5-10-27/h6-8,11-14,17,19-22,27H,3-5,9-10,15-16,18H2,1-2H3,(H,35,40)(H,36,44)(H,37,41)(H,42,43). The van der Waals surface area contributed by atoms with E-state index in [-0.39, 0.29) is 37.0 Å². The van der Waals surface area contributed by atoms with Crippen LogP contribution in [0.2, 0.25) is 0 Å². The molecule has 0 saturated heterocycles. The first-order valence-electron chi connectivity index (χ1n) is 15.4. The summed E-state index contributed by atoms with van der Waals surface area (Å²) in [6, 6.07) is 13.5. The summed E-state index contributed by atoms with van der Waals surface area (Å²) < 4.78 is 7.62. The lowest BCUT2D eigenvalue weighted by atomic mass is 9.95. The molecule has 2 aromatic carbocycles. The van der Waals surface area contributed by atoms with Gasteiger partial charge in [0.15, 0.2) is 0 Å². The molecule has 4 N–H and O–H groups in total. The highest BCUT2D eigenvalue weighted by molar-refractivity contribution is 5.98. The number of hydrogen-bond acceptors (Lipinski definition) is 6. The Labute approximate surface area is 261 Å². The number of furan rings is 1. The van der Waals surface area contributed by atoms with Crippen molar-refractivity contribution < 1.29 is 28.7 Å². The van der Waals surface area contributed by atoms with Crippen molar-refractivity contribution in [2.45, 2.75) is 83.3 Å². The summed E-state index contributed by atoms with van der Waals surface area (Å²) in [6.07, 6.45) is 9.03. The van der Waals surface area contributed by atoms with E-state index in [4.69, 9.17) is 14.5 Å². The van der Waals surface area contributed by atoms with Crippen LogP contribution in [0.25, 0.3) is 22.4 Å². The number of anilines is 1. The molecule has 11 nitrogen and oxygen atoms in total. The minimum atomic E-state index is -0.956. The van der Waals surface area contributed by atoms with Crippen molar-refractivity contribution in [3.63, 3.8) is 0 Å². The number of carbonyl (C=O) groups is 4. The smallest absolute Gasteiger partial charge is 0.307 e. The predicted molar refractivity (Wildman–Crippen MR) is 170 cm³/mol. The third-order valence-electron chi connectivity index (χ3n) is 8.01. The van der Waals surface area contributed by atoms with Crippen molar-refractivity contribution in [2.75, 3.05) is 5.32 Å². The highest BCUT2D eigenvalue weighted by atomic mass is 16.4. The summed E-state index contributed by atoms with van der Waals surface area (Å²) in [5, 5.41) is 17.4. The molecule has 5 rings (SSSR count). The van der Waals surface area contributed by atoms with E-state index in [0.717, 1.165) is 35.3 Å². The van der Waals surface area contributed by atoms with Crippen molar-refractivity contribution >= 4 is 40.4 Å². The van der Waals surface area contributed by atoms with Gasteiger partial charge in [-0.1, -0.05) is 31.4 Å². The number of carboxylic acids is 1. The van der Waals surface area contributed by atoms with Gasteiger partial charge in [0.2, 0.25) is 11.8 Å². The third kappa shape index (κ3) is 8.17. The molecule has 45 heavy (non-hydrogen) atoms. The van der Waals surface area contributed by atoms with Gasteiger partial charge in [0.1, 0.15) is 12.1 Å². The number of amides is 3. The zero-order valence-electron chi connectivity index (χ0n) is 25.5. The second kappa shape index (κ2) is 14.2. The molecule has 1 aliphatic rings. The highest BCUT2D eigenvalue weighted by Crippen LogP contribution is 2.36. The number of benzene rings is 2. The van der Waals surface area contributed by atoms with Crippen LogP contribution < -0.4 is 16.0 Å². The molecule has 3 amide bonds. The molecule has 2 atom stereocenters. The maximum absolute atomic E-state index is 13.1. The maximum atomic E-state index is 13.1. The lowest BCUT2D eigenvalue weighted by Crippen LogP contribution is -2.40. The van der Waals surface area contributed by atoms with Crippen molar-refractivity contribution in [2.24, 2.45) is 0 Å². The molecular weight excluding hydrogens is 574 g/mol. The Balaban J connectivity index is 1.15. The van der Waals surface area contributed by atoms with Gasteiger partial charge in [0.05, 0.1) is 29.3 Å². The van der Waals surface area contributed by atoms with Gasteiger partial charge in [-0.25, -0.2) is 4.98 Å². The van der Waals surface area contributed by atoms with Crippen molar-refractivity contribution in [1.82, 2.24) is 20.2 Å². The molecule has 11 heteroatoms. The zero-order chi connectivity index (χ0) is 31.9. The fourth-order valence-electron chi connectivity index (χ4n) is 5.99. The molecule has 236 valence electrons. The fraction of sp³-hybridized carbons (Fsp3) is 0.382. The van der Waals surface area contributed by atoms with Gasteiger partial charge in [-0.2, -0.15) is 0 Å². The molecule has 1 aliphatic carbocycles. The average Bonchev–Trinajstić information content (AvgIpc) is 3.65. The first-order valence-corrected chi connectivity index (χ1v) is 15.4. The number of rotatable bonds is 12. The Morgan fingerprint density at radius 2 is 1.71 bits per heavy atom. The molecule has 0 radical (unpaired) electrons. The van der Waals surface area contributed by atoms with E-state index in [0.29, 0.717) is 22.9 Å². The molecule has 0 spiro atoms. The zero-order valence-corrected chi connectivity index (χ0v) is 25.5. The van der Waals surface area contributed by atoms with Crippen LogP contribution in [0.15, 0.2) is 65.5 Å². The van der Waals surface area contributed by atoms with Gasteiger partial charge in [0, 0.05) is 42.2 Å². The summed E-state index contributed by atoms with van der Waals surface area (Å²) >= 11 is 0. The van der Waals surface area contributed by atoms with Crippen LogP contribution in [-0.2, 0) is 20.8 Å². The number of carbonyl (C=O) groups excluding carboxylic acids is 3. The van der Waals surface area contributed by atoms with Gasteiger partial charge in [-0.15, -0.1) is 0 Å². The van der Waals surface area contributed by atoms with Gasteiger partial charge >= 0.3 is 5.97 Å². The topological polar surface area (TPSA) is 156 Å². The summed E-state index contributed by atoms with van der Waals surface area (Å²) in [7, 11) is 0. The third-order valence-corrected chi connectivity index (χ3v) is 8.01. The number of nitrogens with zero attached hydrogens (tertiary/aromatic N) is 2. The van der Waals surface area contributed by atoms with E-state index < -0.39 is 18.1 Å². The monoisotopic (exact) mass is 613 g/mol. The summed E-state index contributed by atoms with van der Waals surface area (Å²) in [4.78, 5) is 54.2. The Kier molecular flexibility index (Phi) is 9.96. The van der Waals surface area contributed by atoms with Gasteiger partial charge < -0.3 is 30.0 Å². The first kappa shape index (κ1) is 31.5.